The van der Waals surface area contributed by atoms with Gasteiger partial charge in [-0.1, -0.05) is 192 Å². The highest BCUT2D eigenvalue weighted by Gasteiger charge is 2.57. The molecule has 4 aliphatic rings. The highest BCUT2D eigenvalue weighted by molar-refractivity contribution is 5.76. The van der Waals surface area contributed by atoms with Crippen LogP contribution in [0.5, 0.6) is 0 Å². The van der Waals surface area contributed by atoms with Crippen LogP contribution in [0.3, 0.4) is 0 Å². The Morgan fingerprint density at radius 3 is 1.20 bits per heavy atom. The van der Waals surface area contributed by atoms with Crippen molar-refractivity contribution in [3.63, 3.8) is 0 Å². The first-order chi connectivity index (χ1) is 46.3. The minimum absolute atomic E-state index is 0.193. The predicted octanol–water partition coefficient (Wildman–Crippen LogP) is 4.04. The molecule has 0 aromatic heterocycles. The third-order valence-corrected chi connectivity index (χ3v) is 18.7. The monoisotopic (exact) mass is 1380 g/mol. The molecule has 3 amide bonds. The van der Waals surface area contributed by atoms with Gasteiger partial charge in [-0.2, -0.15) is 0 Å². The molecular formula is C70H127N3O23. The van der Waals surface area contributed by atoms with Gasteiger partial charge in [0.1, 0.15) is 97.5 Å². The quantitative estimate of drug-likeness (QED) is 0.0302. The SMILES string of the molecule is CCCCCCCC/C=C\CCCCCCCCCCCCCC(=O)N[C@@H](CO[C@@H]1OC(CO)[C@@H](O[C@@H]2OC(CO)[C@H](O[C@@H]3OC(CO)[C@H](O)[C@H](O)C3NC(C)=O)[C@H](O[C@@H]3OC(CO)[C@@H](O)[C@H](O)C3NC(C)=O)C2O)[C@H](O)C1O)[C@H](O)/C=C/CCCCCCCCCCCCC. The molecule has 0 aromatic rings. The van der Waals surface area contributed by atoms with Crippen LogP contribution in [0.4, 0.5) is 0 Å². The van der Waals surface area contributed by atoms with E-state index in [-0.39, 0.29) is 12.3 Å². The number of carbonyl (C=O) groups excluding carboxylic acids is 3. The van der Waals surface area contributed by atoms with E-state index < -0.39 is 180 Å². The molecule has 4 aliphatic heterocycles. The van der Waals surface area contributed by atoms with Crippen molar-refractivity contribution >= 4 is 17.7 Å². The van der Waals surface area contributed by atoms with E-state index in [1.54, 1.807) is 6.08 Å². The van der Waals surface area contributed by atoms with Crippen molar-refractivity contribution in [2.75, 3.05) is 33.0 Å². The van der Waals surface area contributed by atoms with E-state index >= 15 is 0 Å². The zero-order valence-electron chi connectivity index (χ0n) is 58.0. The molecule has 0 bridgehead atoms. The molecule has 0 spiro atoms. The Morgan fingerprint density at radius 2 is 0.771 bits per heavy atom. The van der Waals surface area contributed by atoms with E-state index in [4.69, 9.17) is 37.9 Å². The lowest BCUT2D eigenvalue weighted by molar-refractivity contribution is -0.391. The molecule has 15 N–H and O–H groups in total. The Balaban J connectivity index is 1.41. The lowest BCUT2D eigenvalue weighted by Crippen LogP contribution is -2.70. The van der Waals surface area contributed by atoms with E-state index in [2.05, 4.69) is 41.9 Å². The van der Waals surface area contributed by atoms with Crippen molar-refractivity contribution in [2.24, 2.45) is 0 Å². The molecular weight excluding hydrogens is 1250 g/mol. The Hall–Kier alpha value is -2.91. The maximum atomic E-state index is 13.5. The summed E-state index contributed by atoms with van der Waals surface area (Å²) < 4.78 is 48.2. The topological polar surface area (TPSA) is 404 Å². The molecule has 4 heterocycles. The van der Waals surface area contributed by atoms with Gasteiger partial charge in [0, 0.05) is 20.3 Å². The van der Waals surface area contributed by atoms with E-state index in [0.717, 1.165) is 58.8 Å². The first kappa shape index (κ1) is 85.5. The summed E-state index contributed by atoms with van der Waals surface area (Å²) in [4.78, 5) is 38.4. The average Bonchev–Trinajstić information content (AvgIpc) is 0.769. The molecule has 22 atom stereocenters. The summed E-state index contributed by atoms with van der Waals surface area (Å²) in [5.74, 6) is -1.80. The van der Waals surface area contributed by atoms with Crippen LogP contribution < -0.4 is 16.0 Å². The number of aliphatic hydroxyl groups excluding tert-OH is 12. The molecule has 4 rings (SSSR count). The van der Waals surface area contributed by atoms with Gasteiger partial charge in [0.05, 0.1) is 45.2 Å². The van der Waals surface area contributed by atoms with E-state index in [0.29, 0.717) is 12.8 Å². The van der Waals surface area contributed by atoms with Crippen LogP contribution in [-0.2, 0) is 52.3 Å². The fraction of sp³-hybridized carbons (Fsp3) is 0.900. The molecule has 560 valence electrons. The number of hydrogen-bond acceptors (Lipinski definition) is 23. The number of hydrogen-bond donors (Lipinski definition) is 15. The molecule has 4 saturated heterocycles. The lowest BCUT2D eigenvalue weighted by Gasteiger charge is -2.51. The number of aliphatic hydroxyl groups is 12. The molecule has 0 saturated carbocycles. The molecule has 4 fully saturated rings. The Bertz CT molecular complexity index is 2100. The number of allylic oxidation sites excluding steroid dienone is 3. The van der Waals surface area contributed by atoms with E-state index in [1.165, 1.54) is 141 Å². The van der Waals surface area contributed by atoms with Crippen LogP contribution in [0.1, 0.15) is 233 Å². The fourth-order valence-electron chi connectivity index (χ4n) is 12.9. The van der Waals surface area contributed by atoms with Gasteiger partial charge in [-0.05, 0) is 44.9 Å². The summed E-state index contributed by atoms with van der Waals surface area (Å²) in [6.07, 6.45) is 10.6. The third kappa shape index (κ3) is 30.3. The predicted molar refractivity (Wildman–Crippen MR) is 356 cm³/mol. The first-order valence-corrected chi connectivity index (χ1v) is 36.6. The number of ether oxygens (including phenoxy) is 8. The van der Waals surface area contributed by atoms with Gasteiger partial charge in [0.2, 0.25) is 17.7 Å². The average molecular weight is 1380 g/mol. The maximum Gasteiger partial charge on any atom is 0.220 e. The van der Waals surface area contributed by atoms with E-state index in [9.17, 15) is 75.7 Å². The molecule has 0 aromatic carbocycles. The second-order valence-corrected chi connectivity index (χ2v) is 26.8. The maximum absolute atomic E-state index is 13.5. The van der Waals surface area contributed by atoms with Crippen molar-refractivity contribution in [3.05, 3.63) is 24.3 Å². The molecule has 8 unspecified atom stereocenters. The molecule has 96 heavy (non-hydrogen) atoms. The number of nitrogens with one attached hydrogen (secondary N) is 3. The van der Waals surface area contributed by atoms with Crippen LogP contribution >= 0.6 is 0 Å². The minimum atomic E-state index is -2.18. The number of rotatable bonds is 51. The molecule has 26 heteroatoms. The number of carbonyl (C=O) groups is 3. The van der Waals surface area contributed by atoms with Crippen molar-refractivity contribution in [1.29, 1.82) is 0 Å². The molecule has 26 nitrogen and oxygen atoms in total. The zero-order valence-corrected chi connectivity index (χ0v) is 58.0. The van der Waals surface area contributed by atoms with E-state index in [1.807, 2.05) is 6.08 Å². The van der Waals surface area contributed by atoms with Crippen LogP contribution in [0, 0.1) is 0 Å². The normalized spacial score (nSPS) is 31.8. The van der Waals surface area contributed by atoms with Crippen molar-refractivity contribution < 1.29 is 114 Å². The Labute approximate surface area is 570 Å². The largest absolute Gasteiger partial charge is 0.394 e. The van der Waals surface area contributed by atoms with Crippen molar-refractivity contribution in [3.8, 4) is 0 Å². The van der Waals surface area contributed by atoms with Crippen LogP contribution in [0.2, 0.25) is 0 Å². The van der Waals surface area contributed by atoms with Gasteiger partial charge in [0.25, 0.3) is 0 Å². The number of unbranched alkanes of at least 4 members (excludes halogenated alkanes) is 28. The summed E-state index contributed by atoms with van der Waals surface area (Å²) in [5.41, 5.74) is 0. The van der Waals surface area contributed by atoms with Crippen molar-refractivity contribution in [1.82, 2.24) is 16.0 Å². The van der Waals surface area contributed by atoms with Crippen LogP contribution in [0.15, 0.2) is 24.3 Å². The van der Waals surface area contributed by atoms with Gasteiger partial charge >= 0.3 is 0 Å². The van der Waals surface area contributed by atoms with Crippen LogP contribution in [0.25, 0.3) is 0 Å². The Kier molecular flexibility index (Phi) is 44.2. The summed E-state index contributed by atoms with van der Waals surface area (Å²) in [5, 5.41) is 141. The van der Waals surface area contributed by atoms with Gasteiger partial charge in [-0.3, -0.25) is 14.4 Å². The summed E-state index contributed by atoms with van der Waals surface area (Å²) in [6.45, 7) is 2.54. The van der Waals surface area contributed by atoms with Crippen LogP contribution in [-0.4, -0.2) is 247 Å². The summed E-state index contributed by atoms with van der Waals surface area (Å²) >= 11 is 0. The van der Waals surface area contributed by atoms with Crippen molar-refractivity contribution in [2.45, 2.75) is 368 Å². The molecule has 0 aliphatic carbocycles. The summed E-state index contributed by atoms with van der Waals surface area (Å²) in [6, 6.07) is -4.27. The third-order valence-electron chi connectivity index (χ3n) is 18.7. The van der Waals surface area contributed by atoms with Gasteiger partial charge in [-0.25, -0.2) is 0 Å². The Morgan fingerprint density at radius 1 is 0.406 bits per heavy atom. The smallest absolute Gasteiger partial charge is 0.220 e. The van der Waals surface area contributed by atoms with Gasteiger partial charge < -0.3 is 115 Å². The zero-order chi connectivity index (χ0) is 70.2. The van der Waals surface area contributed by atoms with Gasteiger partial charge in [0.15, 0.2) is 25.2 Å². The second kappa shape index (κ2) is 49.6. The lowest BCUT2D eigenvalue weighted by atomic mass is 9.94. The standard InChI is InChI=1S/C70H127N3O23/c1-5-7-9-11-13-15-17-19-20-21-22-23-24-25-26-28-30-32-34-36-38-40-54(81)73-48(49(80)39-37-35-33-31-29-27-18-16-14-12-10-8-6-2)45-89-69-62(87)61(86)64(52(43-76)92-69)94-70-63(88)66(96-68-56(72-47(4)79)60(85)58(83)51(42-75)91-68)65(53(44-77)93-70)95-67-55(71-46(3)78)59(84)57(82)50(41-74)90-67/h19-20,37,39,48-53,55-70,74-77,80,82-88H,5-18,21-36,38,40-45H2,1-4H3,(H,71,78)(H,72,79)(H,73,81)/b20-19-,39-37+/t48-,49+,50?,51?,52?,53?,55?,56?,57-,58+,59+,60+,61+,62?,63?,64+,65-,66+,67-,68-,69+,70-/m0/s1. The van der Waals surface area contributed by atoms with Gasteiger partial charge in [-0.15, -0.1) is 0 Å². The fourth-order valence-corrected chi connectivity index (χ4v) is 12.9. The second-order valence-electron chi connectivity index (χ2n) is 26.8. The highest BCUT2D eigenvalue weighted by atomic mass is 16.8. The summed E-state index contributed by atoms with van der Waals surface area (Å²) in [7, 11) is 0. The first-order valence-electron chi connectivity index (χ1n) is 36.6. The number of amides is 3. The highest BCUT2D eigenvalue weighted by Crippen LogP contribution is 2.36. The minimum Gasteiger partial charge on any atom is -0.394 e. The molecule has 0 radical (unpaired) electrons.